The maximum Gasteiger partial charge on any atom is 0.144 e. The van der Waals surface area contributed by atoms with Crippen LogP contribution in [0.5, 0.6) is 0 Å². The summed E-state index contributed by atoms with van der Waals surface area (Å²) in [6.07, 6.45) is 0. The van der Waals surface area contributed by atoms with Crippen molar-refractivity contribution in [2.75, 3.05) is 17.2 Å². The van der Waals surface area contributed by atoms with Crippen molar-refractivity contribution >= 4 is 28.7 Å². The van der Waals surface area contributed by atoms with Crippen LogP contribution in [0.25, 0.3) is 0 Å². The molecule has 0 aliphatic rings. The SMILES string of the molecule is CCN(c1ccc(C)cc1)c1cc(F)c(Cl)cc1N. The van der Waals surface area contributed by atoms with Crippen molar-refractivity contribution in [3.05, 3.63) is 52.8 Å². The summed E-state index contributed by atoms with van der Waals surface area (Å²) >= 11 is 5.73. The van der Waals surface area contributed by atoms with E-state index in [1.165, 1.54) is 17.7 Å². The Morgan fingerprint density at radius 1 is 1.21 bits per heavy atom. The lowest BCUT2D eigenvalue weighted by atomic mass is 10.1. The monoisotopic (exact) mass is 278 g/mol. The first kappa shape index (κ1) is 13.7. The van der Waals surface area contributed by atoms with E-state index in [1.54, 1.807) is 0 Å². The molecule has 0 unspecified atom stereocenters. The number of nitrogen functional groups attached to an aromatic ring is 1. The Labute approximate surface area is 117 Å². The van der Waals surface area contributed by atoms with Crippen molar-refractivity contribution in [1.82, 2.24) is 0 Å². The fraction of sp³-hybridized carbons (Fsp3) is 0.200. The zero-order valence-electron chi connectivity index (χ0n) is 11.0. The molecule has 19 heavy (non-hydrogen) atoms. The molecule has 0 fully saturated rings. The number of hydrogen-bond acceptors (Lipinski definition) is 2. The molecule has 0 aliphatic heterocycles. The number of rotatable bonds is 3. The van der Waals surface area contributed by atoms with Crippen molar-refractivity contribution in [3.63, 3.8) is 0 Å². The molecule has 0 aliphatic carbocycles. The molecule has 0 aromatic heterocycles. The van der Waals surface area contributed by atoms with Crippen LogP contribution in [0.15, 0.2) is 36.4 Å². The summed E-state index contributed by atoms with van der Waals surface area (Å²) in [6, 6.07) is 10.8. The molecule has 2 aromatic rings. The van der Waals surface area contributed by atoms with E-state index in [2.05, 4.69) is 0 Å². The van der Waals surface area contributed by atoms with Crippen molar-refractivity contribution < 1.29 is 4.39 Å². The molecule has 0 heterocycles. The van der Waals surface area contributed by atoms with Crippen molar-refractivity contribution in [2.24, 2.45) is 0 Å². The maximum absolute atomic E-state index is 13.6. The first-order valence-corrected chi connectivity index (χ1v) is 6.49. The molecular weight excluding hydrogens is 263 g/mol. The molecule has 4 heteroatoms. The van der Waals surface area contributed by atoms with Crippen LogP contribution in [-0.4, -0.2) is 6.54 Å². The normalized spacial score (nSPS) is 10.5. The van der Waals surface area contributed by atoms with Gasteiger partial charge in [-0.2, -0.15) is 0 Å². The van der Waals surface area contributed by atoms with E-state index < -0.39 is 5.82 Å². The minimum absolute atomic E-state index is 0.0428. The van der Waals surface area contributed by atoms with Crippen LogP contribution in [0.3, 0.4) is 0 Å². The van der Waals surface area contributed by atoms with E-state index >= 15 is 0 Å². The predicted molar refractivity (Wildman–Crippen MR) is 79.7 cm³/mol. The van der Waals surface area contributed by atoms with Gasteiger partial charge in [-0.15, -0.1) is 0 Å². The molecule has 0 amide bonds. The summed E-state index contributed by atoms with van der Waals surface area (Å²) in [4.78, 5) is 1.95. The van der Waals surface area contributed by atoms with Gasteiger partial charge in [-0.3, -0.25) is 0 Å². The Kier molecular flexibility index (Phi) is 3.96. The highest BCUT2D eigenvalue weighted by Crippen LogP contribution is 2.33. The van der Waals surface area contributed by atoms with Gasteiger partial charge in [0.05, 0.1) is 16.4 Å². The van der Waals surface area contributed by atoms with Gasteiger partial charge in [0.15, 0.2) is 0 Å². The molecule has 0 saturated carbocycles. The number of nitrogens with two attached hydrogens (primary N) is 1. The summed E-state index contributed by atoms with van der Waals surface area (Å²) in [7, 11) is 0. The fourth-order valence-corrected chi connectivity index (χ4v) is 2.17. The molecule has 0 radical (unpaired) electrons. The first-order chi connectivity index (χ1) is 9.02. The van der Waals surface area contributed by atoms with Gasteiger partial charge in [0.25, 0.3) is 0 Å². The van der Waals surface area contributed by atoms with E-state index in [-0.39, 0.29) is 5.02 Å². The first-order valence-electron chi connectivity index (χ1n) is 6.11. The maximum atomic E-state index is 13.6. The quantitative estimate of drug-likeness (QED) is 0.836. The van der Waals surface area contributed by atoms with Crippen LogP contribution in [0.1, 0.15) is 12.5 Å². The number of halogens is 2. The van der Waals surface area contributed by atoms with Gasteiger partial charge in [-0.05, 0) is 32.0 Å². The summed E-state index contributed by atoms with van der Waals surface area (Å²) in [5.41, 5.74) is 9.19. The molecular formula is C15H16ClFN2. The average Bonchev–Trinajstić information content (AvgIpc) is 2.38. The predicted octanol–water partition coefficient (Wildman–Crippen LogP) is 4.53. The van der Waals surface area contributed by atoms with Gasteiger partial charge in [-0.1, -0.05) is 29.3 Å². The number of hydrogen-bond donors (Lipinski definition) is 1. The lowest BCUT2D eigenvalue weighted by molar-refractivity contribution is 0.628. The smallest absolute Gasteiger partial charge is 0.144 e. The molecule has 0 bridgehead atoms. The van der Waals surface area contributed by atoms with Crippen LogP contribution >= 0.6 is 11.6 Å². The van der Waals surface area contributed by atoms with Gasteiger partial charge in [0.2, 0.25) is 0 Å². The van der Waals surface area contributed by atoms with E-state index in [9.17, 15) is 4.39 Å². The molecule has 100 valence electrons. The number of nitrogens with zero attached hydrogens (tertiary/aromatic N) is 1. The Morgan fingerprint density at radius 3 is 2.42 bits per heavy atom. The topological polar surface area (TPSA) is 29.3 Å². The van der Waals surface area contributed by atoms with E-state index in [0.29, 0.717) is 17.9 Å². The van der Waals surface area contributed by atoms with E-state index in [0.717, 1.165) is 5.69 Å². The van der Waals surface area contributed by atoms with Gasteiger partial charge in [-0.25, -0.2) is 4.39 Å². The van der Waals surface area contributed by atoms with Crippen molar-refractivity contribution in [1.29, 1.82) is 0 Å². The van der Waals surface area contributed by atoms with E-state index in [4.69, 9.17) is 17.3 Å². The highest BCUT2D eigenvalue weighted by atomic mass is 35.5. The second kappa shape index (κ2) is 5.49. The zero-order chi connectivity index (χ0) is 14.0. The number of anilines is 3. The van der Waals surface area contributed by atoms with Crippen LogP contribution in [0.4, 0.5) is 21.5 Å². The van der Waals surface area contributed by atoms with Gasteiger partial charge in [0, 0.05) is 18.3 Å². The Hall–Kier alpha value is -1.74. The molecule has 0 atom stereocenters. The summed E-state index contributed by atoms with van der Waals surface area (Å²) in [6.45, 7) is 4.70. The van der Waals surface area contributed by atoms with Gasteiger partial charge < -0.3 is 10.6 Å². The summed E-state index contributed by atoms with van der Waals surface area (Å²) in [5.74, 6) is -0.462. The molecule has 2 N–H and O–H groups in total. The lowest BCUT2D eigenvalue weighted by Gasteiger charge is -2.25. The minimum Gasteiger partial charge on any atom is -0.397 e. The lowest BCUT2D eigenvalue weighted by Crippen LogP contribution is -2.17. The fourth-order valence-electron chi connectivity index (χ4n) is 2.00. The molecule has 0 spiro atoms. The second-order valence-corrected chi connectivity index (χ2v) is 4.81. The molecule has 2 nitrogen and oxygen atoms in total. The van der Waals surface area contributed by atoms with Gasteiger partial charge in [0.1, 0.15) is 5.82 Å². The Balaban J connectivity index is 2.47. The molecule has 2 rings (SSSR count). The number of aryl methyl sites for hydroxylation is 1. The second-order valence-electron chi connectivity index (χ2n) is 4.40. The van der Waals surface area contributed by atoms with E-state index in [1.807, 2.05) is 43.0 Å². The van der Waals surface area contributed by atoms with Crippen LogP contribution in [0.2, 0.25) is 5.02 Å². The third kappa shape index (κ3) is 2.82. The summed E-state index contributed by atoms with van der Waals surface area (Å²) < 4.78 is 13.6. The molecule has 2 aromatic carbocycles. The molecule has 0 saturated heterocycles. The van der Waals surface area contributed by atoms with Gasteiger partial charge >= 0.3 is 0 Å². The zero-order valence-corrected chi connectivity index (χ0v) is 11.7. The minimum atomic E-state index is -0.462. The van der Waals surface area contributed by atoms with Crippen LogP contribution in [0, 0.1) is 12.7 Å². The standard InChI is InChI=1S/C15H16ClFN2/c1-3-19(11-6-4-10(2)5-7-11)15-9-13(17)12(16)8-14(15)18/h4-9H,3,18H2,1-2H3. The van der Waals surface area contributed by atoms with Crippen LogP contribution < -0.4 is 10.6 Å². The summed E-state index contributed by atoms with van der Waals surface area (Å²) in [5, 5.41) is 0.0428. The Bertz CT molecular complexity index is 581. The largest absolute Gasteiger partial charge is 0.397 e. The Morgan fingerprint density at radius 2 is 1.84 bits per heavy atom. The third-order valence-electron chi connectivity index (χ3n) is 3.02. The van der Waals surface area contributed by atoms with Crippen LogP contribution in [-0.2, 0) is 0 Å². The van der Waals surface area contributed by atoms with Crippen molar-refractivity contribution in [2.45, 2.75) is 13.8 Å². The average molecular weight is 279 g/mol. The number of benzene rings is 2. The highest BCUT2D eigenvalue weighted by molar-refractivity contribution is 6.31. The highest BCUT2D eigenvalue weighted by Gasteiger charge is 2.13. The third-order valence-corrected chi connectivity index (χ3v) is 3.31. The van der Waals surface area contributed by atoms with Crippen molar-refractivity contribution in [3.8, 4) is 0 Å².